The summed E-state index contributed by atoms with van der Waals surface area (Å²) in [5.41, 5.74) is 0. The first-order valence-corrected chi connectivity index (χ1v) is 6.42. The molecule has 0 bridgehead atoms. The number of amides is 1. The Hall–Kier alpha value is -0.920. The number of halogens is 2. The molecule has 0 aliphatic rings. The van der Waals surface area contributed by atoms with E-state index >= 15 is 0 Å². The molecule has 1 unspecified atom stereocenters. The fourth-order valence-electron chi connectivity index (χ4n) is 1.15. The van der Waals surface area contributed by atoms with Gasteiger partial charge < -0.3 is 15.4 Å². The smallest absolute Gasteiger partial charge is 0.242 e. The van der Waals surface area contributed by atoms with Crippen molar-refractivity contribution in [3.63, 3.8) is 0 Å². The maximum absolute atomic E-state index is 11.7. The van der Waals surface area contributed by atoms with E-state index in [0.717, 1.165) is 0 Å². The number of aromatic nitrogens is 2. The van der Waals surface area contributed by atoms with Crippen molar-refractivity contribution in [2.45, 2.75) is 13.0 Å². The Bertz CT molecular complexity index is 419. The summed E-state index contributed by atoms with van der Waals surface area (Å²) < 4.78 is 5.38. The molecule has 1 rings (SSSR count). The monoisotopic (exact) mass is 336 g/mol. The van der Waals surface area contributed by atoms with Gasteiger partial charge in [-0.25, -0.2) is 9.97 Å². The van der Waals surface area contributed by atoms with Crippen LogP contribution in [0.2, 0.25) is 5.15 Å². The summed E-state index contributed by atoms with van der Waals surface area (Å²) in [6.07, 6.45) is 1.32. The third-order valence-corrected chi connectivity index (χ3v) is 3.36. The highest BCUT2D eigenvalue weighted by Crippen LogP contribution is 2.26. The van der Waals surface area contributed by atoms with E-state index in [1.807, 2.05) is 0 Å². The number of nitrogens with zero attached hydrogens (tertiary/aromatic N) is 2. The summed E-state index contributed by atoms with van der Waals surface area (Å²) in [5, 5.41) is 5.95. The molecule has 1 amide bonds. The van der Waals surface area contributed by atoms with Crippen LogP contribution in [-0.2, 0) is 9.53 Å². The van der Waals surface area contributed by atoms with Crippen molar-refractivity contribution in [1.29, 1.82) is 0 Å². The highest BCUT2D eigenvalue weighted by atomic mass is 79.9. The van der Waals surface area contributed by atoms with Crippen LogP contribution in [0, 0.1) is 0 Å². The molecule has 1 atom stereocenters. The zero-order valence-corrected chi connectivity index (χ0v) is 12.4. The Balaban J connectivity index is 2.56. The van der Waals surface area contributed by atoms with Gasteiger partial charge in [0.05, 0.1) is 11.1 Å². The van der Waals surface area contributed by atoms with Crippen LogP contribution in [0.15, 0.2) is 10.8 Å². The molecule has 1 aromatic rings. The summed E-state index contributed by atoms with van der Waals surface area (Å²) in [7, 11) is 1.58. The lowest BCUT2D eigenvalue weighted by Gasteiger charge is -2.15. The number of ether oxygens (including phenoxy) is 1. The van der Waals surface area contributed by atoms with Gasteiger partial charge in [0.15, 0.2) is 0 Å². The summed E-state index contributed by atoms with van der Waals surface area (Å²) in [6, 6.07) is -0.441. The van der Waals surface area contributed by atoms with Gasteiger partial charge in [0.2, 0.25) is 5.91 Å². The Morgan fingerprint density at radius 1 is 1.61 bits per heavy atom. The third kappa shape index (κ3) is 4.40. The zero-order chi connectivity index (χ0) is 13.5. The second-order valence-electron chi connectivity index (χ2n) is 3.48. The van der Waals surface area contributed by atoms with Gasteiger partial charge in [-0.2, -0.15) is 0 Å². The topological polar surface area (TPSA) is 76.1 Å². The van der Waals surface area contributed by atoms with E-state index in [1.54, 1.807) is 14.0 Å². The first-order valence-electron chi connectivity index (χ1n) is 5.25. The van der Waals surface area contributed by atoms with Crippen LogP contribution in [0.5, 0.6) is 0 Å². The quantitative estimate of drug-likeness (QED) is 0.607. The van der Waals surface area contributed by atoms with Gasteiger partial charge in [-0.3, -0.25) is 4.79 Å². The molecule has 6 nitrogen and oxygen atoms in total. The molecule has 8 heteroatoms. The molecule has 1 aromatic heterocycles. The van der Waals surface area contributed by atoms with E-state index in [1.165, 1.54) is 6.33 Å². The second-order valence-corrected chi connectivity index (χ2v) is 4.63. The molecule has 2 N–H and O–H groups in total. The van der Waals surface area contributed by atoms with E-state index in [9.17, 15) is 4.79 Å². The fourth-order valence-corrected chi connectivity index (χ4v) is 1.60. The van der Waals surface area contributed by atoms with Crippen molar-refractivity contribution in [2.75, 3.05) is 25.6 Å². The van der Waals surface area contributed by atoms with Crippen LogP contribution in [0.25, 0.3) is 0 Å². The number of methoxy groups -OCH3 is 1. The largest absolute Gasteiger partial charge is 0.383 e. The number of hydrogen-bond donors (Lipinski definition) is 2. The average Bonchev–Trinajstić information content (AvgIpc) is 2.35. The standard InChI is InChI=1S/C10H14BrClN4O2/c1-6(10(17)13-3-4-18-2)16-9-7(11)8(12)14-5-15-9/h5-6H,3-4H2,1-2H3,(H,13,17)(H,14,15,16). The van der Waals surface area contributed by atoms with E-state index < -0.39 is 6.04 Å². The molecule has 0 radical (unpaired) electrons. The van der Waals surface area contributed by atoms with Crippen molar-refractivity contribution in [1.82, 2.24) is 15.3 Å². The molecule has 0 fully saturated rings. The lowest BCUT2D eigenvalue weighted by Crippen LogP contribution is -2.39. The number of carbonyl (C=O) groups excluding carboxylic acids is 1. The van der Waals surface area contributed by atoms with E-state index in [0.29, 0.717) is 28.6 Å². The second kappa shape index (κ2) is 7.50. The predicted molar refractivity (Wildman–Crippen MR) is 72.7 cm³/mol. The molecular weight excluding hydrogens is 323 g/mol. The molecule has 0 spiro atoms. The van der Waals surface area contributed by atoms with E-state index in [4.69, 9.17) is 16.3 Å². The van der Waals surface area contributed by atoms with Crippen molar-refractivity contribution >= 4 is 39.3 Å². The van der Waals surface area contributed by atoms with Crippen molar-refractivity contribution in [3.8, 4) is 0 Å². The average molecular weight is 338 g/mol. The van der Waals surface area contributed by atoms with Gasteiger partial charge in [-0.15, -0.1) is 0 Å². The molecule has 18 heavy (non-hydrogen) atoms. The van der Waals surface area contributed by atoms with E-state index in [-0.39, 0.29) is 5.91 Å². The first-order chi connectivity index (χ1) is 8.56. The lowest BCUT2D eigenvalue weighted by atomic mass is 10.3. The fraction of sp³-hybridized carbons (Fsp3) is 0.500. The number of hydrogen-bond acceptors (Lipinski definition) is 5. The molecule has 0 saturated heterocycles. The van der Waals surface area contributed by atoms with Gasteiger partial charge in [0.25, 0.3) is 0 Å². The Morgan fingerprint density at radius 3 is 3.00 bits per heavy atom. The van der Waals surface area contributed by atoms with Gasteiger partial charge in [-0.05, 0) is 22.9 Å². The highest BCUT2D eigenvalue weighted by Gasteiger charge is 2.15. The van der Waals surface area contributed by atoms with Crippen molar-refractivity contribution in [3.05, 3.63) is 16.0 Å². The summed E-state index contributed by atoms with van der Waals surface area (Å²) >= 11 is 9.07. The summed E-state index contributed by atoms with van der Waals surface area (Å²) in [6.45, 7) is 2.67. The van der Waals surface area contributed by atoms with Crippen LogP contribution >= 0.6 is 27.5 Å². The van der Waals surface area contributed by atoms with Gasteiger partial charge >= 0.3 is 0 Å². The van der Waals surface area contributed by atoms with E-state index in [2.05, 4.69) is 36.5 Å². The van der Waals surface area contributed by atoms with Crippen LogP contribution in [0.1, 0.15) is 6.92 Å². The normalized spacial score (nSPS) is 12.0. The third-order valence-electron chi connectivity index (χ3n) is 2.10. The van der Waals surface area contributed by atoms with Crippen LogP contribution in [0.4, 0.5) is 5.82 Å². The predicted octanol–water partition coefficient (Wildman–Crippen LogP) is 1.46. The number of nitrogens with one attached hydrogen (secondary N) is 2. The van der Waals surface area contributed by atoms with Crippen LogP contribution in [-0.4, -0.2) is 42.2 Å². The highest BCUT2D eigenvalue weighted by molar-refractivity contribution is 9.10. The molecule has 100 valence electrons. The molecule has 1 heterocycles. The minimum atomic E-state index is -0.441. The minimum absolute atomic E-state index is 0.145. The van der Waals surface area contributed by atoms with Crippen LogP contribution in [0.3, 0.4) is 0 Å². The molecule has 0 aliphatic heterocycles. The SMILES string of the molecule is COCCNC(=O)C(C)Nc1ncnc(Cl)c1Br. The minimum Gasteiger partial charge on any atom is -0.383 e. The Kier molecular flexibility index (Phi) is 6.31. The number of rotatable bonds is 6. The molecule has 0 saturated carbocycles. The van der Waals surface area contributed by atoms with Gasteiger partial charge in [0.1, 0.15) is 23.3 Å². The maximum Gasteiger partial charge on any atom is 0.242 e. The molecule has 0 aliphatic carbocycles. The lowest BCUT2D eigenvalue weighted by molar-refractivity contribution is -0.121. The first kappa shape index (κ1) is 15.1. The Morgan fingerprint density at radius 2 is 2.33 bits per heavy atom. The number of carbonyl (C=O) groups is 1. The van der Waals surface area contributed by atoms with Gasteiger partial charge in [0, 0.05) is 13.7 Å². The maximum atomic E-state index is 11.7. The molecular formula is C10H14BrClN4O2. The van der Waals surface area contributed by atoms with Crippen molar-refractivity contribution < 1.29 is 9.53 Å². The summed E-state index contributed by atoms with van der Waals surface area (Å²) in [4.78, 5) is 19.5. The Labute approximate surface area is 119 Å². The molecule has 0 aromatic carbocycles. The number of anilines is 1. The van der Waals surface area contributed by atoms with Gasteiger partial charge in [-0.1, -0.05) is 11.6 Å². The van der Waals surface area contributed by atoms with Crippen molar-refractivity contribution in [2.24, 2.45) is 0 Å². The summed E-state index contributed by atoms with van der Waals surface area (Å²) in [5.74, 6) is 0.332. The zero-order valence-electron chi connectivity index (χ0n) is 10.0. The van der Waals surface area contributed by atoms with Crippen LogP contribution < -0.4 is 10.6 Å².